The summed E-state index contributed by atoms with van der Waals surface area (Å²) in [4.78, 5) is 55.7. The Morgan fingerprint density at radius 3 is 1.28 bits per heavy atom. The number of isocyanates is 4. The fraction of sp³-hybridized carbons (Fsp3) is 0.0588. The molecule has 0 saturated carbocycles. The zero-order valence-corrected chi connectivity index (χ0v) is 12.6. The van der Waals surface area contributed by atoms with Gasteiger partial charge >= 0.3 is 0 Å². The van der Waals surface area contributed by atoms with Crippen LogP contribution >= 0.6 is 0 Å². The molecule has 0 spiro atoms. The van der Waals surface area contributed by atoms with Crippen molar-refractivity contribution in [1.82, 2.24) is 0 Å². The molecule has 120 valence electrons. The van der Waals surface area contributed by atoms with Crippen molar-refractivity contribution in [2.45, 2.75) is 6.42 Å². The Morgan fingerprint density at radius 2 is 0.920 bits per heavy atom. The molecule has 2 aromatic rings. The Bertz CT molecular complexity index is 924. The Hall–Kier alpha value is -4.04. The van der Waals surface area contributed by atoms with Crippen LogP contribution in [0.3, 0.4) is 0 Å². The van der Waals surface area contributed by atoms with Gasteiger partial charge in [-0.15, -0.1) is 0 Å². The van der Waals surface area contributed by atoms with Crippen LogP contribution in [0, 0.1) is 0 Å². The third-order valence-electron chi connectivity index (χ3n) is 3.15. The summed E-state index contributed by atoms with van der Waals surface area (Å²) in [7, 11) is 0. The quantitative estimate of drug-likeness (QED) is 0.596. The van der Waals surface area contributed by atoms with Crippen LogP contribution in [0.2, 0.25) is 0 Å². The zero-order chi connectivity index (χ0) is 18.1. The van der Waals surface area contributed by atoms with Crippen molar-refractivity contribution in [1.29, 1.82) is 0 Å². The van der Waals surface area contributed by atoms with E-state index in [-0.39, 0.29) is 22.7 Å². The summed E-state index contributed by atoms with van der Waals surface area (Å²) in [5.41, 5.74) is 2.28. The number of rotatable bonds is 6. The van der Waals surface area contributed by atoms with Crippen molar-refractivity contribution in [2.75, 3.05) is 0 Å². The Labute approximate surface area is 141 Å². The molecule has 0 aliphatic carbocycles. The molecular weight excluding hydrogens is 324 g/mol. The highest BCUT2D eigenvalue weighted by atomic mass is 16.1. The largest absolute Gasteiger partial charge is 0.240 e. The van der Waals surface area contributed by atoms with E-state index in [1.165, 1.54) is 36.5 Å². The molecule has 0 N–H and O–H groups in total. The third-order valence-corrected chi connectivity index (χ3v) is 3.15. The van der Waals surface area contributed by atoms with Crippen molar-refractivity contribution >= 4 is 47.1 Å². The summed E-state index contributed by atoms with van der Waals surface area (Å²) in [6.45, 7) is 0. The van der Waals surface area contributed by atoms with Crippen molar-refractivity contribution in [3.8, 4) is 0 Å². The predicted molar refractivity (Wildman–Crippen MR) is 86.8 cm³/mol. The summed E-state index contributed by atoms with van der Waals surface area (Å²) in [5, 5.41) is 0. The van der Waals surface area contributed by atoms with E-state index in [0.717, 1.165) is 11.1 Å². The van der Waals surface area contributed by atoms with Crippen LogP contribution in [0.1, 0.15) is 11.1 Å². The van der Waals surface area contributed by atoms with E-state index >= 15 is 0 Å². The summed E-state index contributed by atoms with van der Waals surface area (Å²) in [6, 6.07) is 9.57. The maximum atomic E-state index is 10.5. The average molecular weight is 332 g/mol. The lowest BCUT2D eigenvalue weighted by Gasteiger charge is -2.06. The van der Waals surface area contributed by atoms with Gasteiger partial charge in [-0.25, -0.2) is 19.2 Å². The first-order valence-electron chi connectivity index (χ1n) is 6.79. The van der Waals surface area contributed by atoms with E-state index in [1.807, 2.05) is 0 Å². The van der Waals surface area contributed by atoms with Gasteiger partial charge in [-0.3, -0.25) is 0 Å². The first kappa shape index (κ1) is 17.3. The third kappa shape index (κ3) is 4.47. The van der Waals surface area contributed by atoms with E-state index in [1.54, 1.807) is 24.3 Å². The molecule has 8 heteroatoms. The van der Waals surface area contributed by atoms with Gasteiger partial charge in [0.25, 0.3) is 0 Å². The maximum absolute atomic E-state index is 10.5. The fourth-order valence-electron chi connectivity index (χ4n) is 2.16. The molecule has 0 aliphatic rings. The minimum absolute atomic E-state index is 0.184. The van der Waals surface area contributed by atoms with E-state index in [9.17, 15) is 19.2 Å². The van der Waals surface area contributed by atoms with Crippen molar-refractivity contribution in [3.63, 3.8) is 0 Å². The van der Waals surface area contributed by atoms with Gasteiger partial charge in [0, 0.05) is 0 Å². The van der Waals surface area contributed by atoms with Crippen LogP contribution in [-0.4, -0.2) is 24.3 Å². The van der Waals surface area contributed by atoms with Crippen molar-refractivity contribution < 1.29 is 19.2 Å². The van der Waals surface area contributed by atoms with Gasteiger partial charge in [0.15, 0.2) is 0 Å². The predicted octanol–water partition coefficient (Wildman–Crippen LogP) is 3.15. The molecule has 0 saturated heterocycles. The summed E-state index contributed by atoms with van der Waals surface area (Å²) >= 11 is 0. The van der Waals surface area contributed by atoms with E-state index in [0.29, 0.717) is 6.42 Å². The zero-order valence-electron chi connectivity index (χ0n) is 12.6. The lowest BCUT2D eigenvalue weighted by Crippen LogP contribution is -1.88. The fourth-order valence-corrected chi connectivity index (χ4v) is 2.16. The molecular formula is C17H8N4O4. The van der Waals surface area contributed by atoms with Crippen LogP contribution in [0.25, 0.3) is 0 Å². The topological polar surface area (TPSA) is 118 Å². The number of aliphatic imine (C=N–C) groups is 4. The molecule has 0 unspecified atom stereocenters. The number of hydrogen-bond acceptors (Lipinski definition) is 8. The van der Waals surface area contributed by atoms with E-state index in [2.05, 4.69) is 20.0 Å². The van der Waals surface area contributed by atoms with Crippen molar-refractivity contribution in [2.24, 2.45) is 20.0 Å². The lowest BCUT2D eigenvalue weighted by atomic mass is 10.0. The van der Waals surface area contributed by atoms with Crippen LogP contribution in [0.4, 0.5) is 22.7 Å². The Balaban J connectivity index is 2.42. The smallest absolute Gasteiger partial charge is 0.211 e. The molecule has 2 rings (SSSR count). The summed E-state index contributed by atoms with van der Waals surface area (Å²) in [5.74, 6) is 0. The molecule has 0 bridgehead atoms. The second kappa shape index (κ2) is 8.56. The standard InChI is InChI=1S/C17H8N4O4/c22-8-18-14-3-1-12(6-16(14)20-10-24)5-13-2-4-15(19-9-23)17(7-13)21-11-25/h1-4,6-7H,5H2. The van der Waals surface area contributed by atoms with Crippen LogP contribution in [0.5, 0.6) is 0 Å². The van der Waals surface area contributed by atoms with Crippen LogP contribution < -0.4 is 0 Å². The first-order valence-corrected chi connectivity index (χ1v) is 6.79. The average Bonchev–Trinajstić information content (AvgIpc) is 2.60. The van der Waals surface area contributed by atoms with Gasteiger partial charge in [-0.05, 0) is 41.8 Å². The van der Waals surface area contributed by atoms with Gasteiger partial charge in [-0.1, -0.05) is 12.1 Å². The Morgan fingerprint density at radius 1 is 0.560 bits per heavy atom. The molecule has 0 aromatic heterocycles. The second-order valence-electron chi connectivity index (χ2n) is 4.64. The Kier molecular flexibility index (Phi) is 5.93. The van der Waals surface area contributed by atoms with Gasteiger partial charge in [-0.2, -0.15) is 20.0 Å². The number of hydrogen-bond donors (Lipinski definition) is 0. The molecule has 2 aromatic carbocycles. The molecule has 8 nitrogen and oxygen atoms in total. The van der Waals surface area contributed by atoms with Crippen molar-refractivity contribution in [3.05, 3.63) is 47.5 Å². The van der Waals surface area contributed by atoms with Gasteiger partial charge in [0.05, 0.1) is 0 Å². The molecule has 0 heterocycles. The number of nitrogens with zero attached hydrogens (tertiary/aromatic N) is 4. The van der Waals surface area contributed by atoms with Crippen LogP contribution in [-0.2, 0) is 25.6 Å². The second-order valence-corrected chi connectivity index (χ2v) is 4.64. The molecule has 0 atom stereocenters. The lowest BCUT2D eigenvalue weighted by molar-refractivity contribution is 0.564. The van der Waals surface area contributed by atoms with E-state index < -0.39 is 0 Å². The van der Waals surface area contributed by atoms with Gasteiger partial charge in [0.1, 0.15) is 22.7 Å². The maximum Gasteiger partial charge on any atom is 0.240 e. The van der Waals surface area contributed by atoms with Gasteiger partial charge in [0.2, 0.25) is 24.3 Å². The van der Waals surface area contributed by atoms with E-state index in [4.69, 9.17) is 0 Å². The molecule has 0 aliphatic heterocycles. The normalized spacial score (nSPS) is 8.96. The number of benzene rings is 2. The highest BCUT2D eigenvalue weighted by Gasteiger charge is 2.07. The molecule has 0 radical (unpaired) electrons. The molecule has 0 amide bonds. The summed E-state index contributed by atoms with van der Waals surface area (Å²) in [6.07, 6.45) is 5.97. The minimum Gasteiger partial charge on any atom is -0.211 e. The first-order chi connectivity index (χ1) is 12.2. The molecule has 0 fully saturated rings. The summed E-state index contributed by atoms with van der Waals surface area (Å²) < 4.78 is 0. The number of carbonyl (C=O) groups excluding carboxylic acids is 4. The SMILES string of the molecule is O=C=Nc1ccc(Cc2ccc(N=C=O)c(N=C=O)c2)cc1N=C=O. The highest BCUT2D eigenvalue weighted by molar-refractivity contribution is 5.70. The van der Waals surface area contributed by atoms with Crippen LogP contribution in [0.15, 0.2) is 56.4 Å². The highest BCUT2D eigenvalue weighted by Crippen LogP contribution is 2.31. The monoisotopic (exact) mass is 332 g/mol. The molecule has 25 heavy (non-hydrogen) atoms. The minimum atomic E-state index is 0.184. The van der Waals surface area contributed by atoms with Gasteiger partial charge < -0.3 is 0 Å².